The predicted molar refractivity (Wildman–Crippen MR) is 72.5 cm³/mol. The van der Waals surface area contributed by atoms with Crippen molar-refractivity contribution < 1.29 is 13.2 Å². The highest BCUT2D eigenvalue weighted by atomic mass is 79.9. The number of aryl methyl sites for hydroxylation is 1. The van der Waals surface area contributed by atoms with Gasteiger partial charge < -0.3 is 5.32 Å². The fourth-order valence-corrected chi connectivity index (χ4v) is 1.90. The van der Waals surface area contributed by atoms with Crippen LogP contribution in [0.2, 0.25) is 0 Å². The van der Waals surface area contributed by atoms with Crippen molar-refractivity contribution >= 4 is 21.6 Å². The summed E-state index contributed by atoms with van der Waals surface area (Å²) in [5.41, 5.74) is 1.89. The minimum Gasteiger partial charge on any atom is -0.381 e. The minimum absolute atomic E-state index is 0.0828. The van der Waals surface area contributed by atoms with Crippen LogP contribution in [0.15, 0.2) is 34.8 Å². The third-order valence-corrected chi connectivity index (χ3v) is 3.62. The molecular weight excluding hydrogens is 319 g/mol. The Labute approximate surface area is 117 Å². The van der Waals surface area contributed by atoms with Crippen LogP contribution >= 0.6 is 15.9 Å². The molecule has 2 aromatic carbocycles. The van der Waals surface area contributed by atoms with Gasteiger partial charge in [0.25, 0.3) is 0 Å². The number of rotatable bonds is 3. The molecule has 1 nitrogen and oxygen atoms in total. The SMILES string of the molecule is Cc1cc(NCc2cc(F)c(F)cc2F)ccc1Br. The molecule has 0 aliphatic heterocycles. The summed E-state index contributed by atoms with van der Waals surface area (Å²) in [6.07, 6.45) is 0. The lowest BCUT2D eigenvalue weighted by Gasteiger charge is -2.09. The van der Waals surface area contributed by atoms with Crippen LogP contribution in [0, 0.1) is 24.4 Å². The zero-order valence-corrected chi connectivity index (χ0v) is 11.7. The van der Waals surface area contributed by atoms with Gasteiger partial charge in [0.1, 0.15) is 5.82 Å². The molecule has 19 heavy (non-hydrogen) atoms. The Hall–Kier alpha value is -1.49. The second-order valence-electron chi connectivity index (χ2n) is 4.18. The van der Waals surface area contributed by atoms with Crippen molar-refractivity contribution in [2.75, 3.05) is 5.32 Å². The summed E-state index contributed by atoms with van der Waals surface area (Å²) in [5.74, 6) is -2.99. The first-order chi connectivity index (χ1) is 8.97. The highest BCUT2D eigenvalue weighted by molar-refractivity contribution is 9.10. The first kappa shape index (κ1) is 13.9. The normalized spacial score (nSPS) is 10.6. The van der Waals surface area contributed by atoms with E-state index < -0.39 is 17.5 Å². The van der Waals surface area contributed by atoms with Gasteiger partial charge in [0.15, 0.2) is 11.6 Å². The van der Waals surface area contributed by atoms with E-state index in [1.54, 1.807) is 0 Å². The largest absolute Gasteiger partial charge is 0.381 e. The molecule has 0 saturated carbocycles. The molecule has 0 amide bonds. The van der Waals surface area contributed by atoms with Crippen LogP contribution < -0.4 is 5.32 Å². The van der Waals surface area contributed by atoms with Crippen molar-refractivity contribution in [3.63, 3.8) is 0 Å². The molecule has 0 radical (unpaired) electrons. The van der Waals surface area contributed by atoms with Crippen molar-refractivity contribution in [3.8, 4) is 0 Å². The summed E-state index contributed by atoms with van der Waals surface area (Å²) in [5, 5.41) is 2.97. The predicted octanol–water partition coefficient (Wildman–Crippen LogP) is 4.79. The van der Waals surface area contributed by atoms with Gasteiger partial charge in [-0.3, -0.25) is 0 Å². The van der Waals surface area contributed by atoms with Crippen LogP contribution in [0.4, 0.5) is 18.9 Å². The van der Waals surface area contributed by atoms with Gasteiger partial charge in [-0.15, -0.1) is 0 Å². The van der Waals surface area contributed by atoms with E-state index in [9.17, 15) is 13.2 Å². The van der Waals surface area contributed by atoms with Crippen molar-refractivity contribution in [2.45, 2.75) is 13.5 Å². The van der Waals surface area contributed by atoms with Crippen LogP contribution in [-0.2, 0) is 6.54 Å². The first-order valence-corrected chi connectivity index (χ1v) is 6.40. The van der Waals surface area contributed by atoms with E-state index in [2.05, 4.69) is 21.2 Å². The van der Waals surface area contributed by atoms with Crippen molar-refractivity contribution in [3.05, 3.63) is 63.4 Å². The molecule has 0 heterocycles. The average molecular weight is 330 g/mol. The fourth-order valence-electron chi connectivity index (χ4n) is 1.65. The summed E-state index contributed by atoms with van der Waals surface area (Å²) in [4.78, 5) is 0. The van der Waals surface area contributed by atoms with Gasteiger partial charge in [0.05, 0.1) is 0 Å². The Balaban J connectivity index is 2.14. The summed E-state index contributed by atoms with van der Waals surface area (Å²) in [7, 11) is 0. The summed E-state index contributed by atoms with van der Waals surface area (Å²) in [6.45, 7) is 2.01. The third-order valence-electron chi connectivity index (χ3n) is 2.73. The van der Waals surface area contributed by atoms with Gasteiger partial charge in [-0.25, -0.2) is 13.2 Å². The van der Waals surface area contributed by atoms with Crippen molar-refractivity contribution in [2.24, 2.45) is 0 Å². The zero-order chi connectivity index (χ0) is 14.0. The lowest BCUT2D eigenvalue weighted by molar-refractivity contribution is 0.490. The smallest absolute Gasteiger partial charge is 0.161 e. The summed E-state index contributed by atoms with van der Waals surface area (Å²) < 4.78 is 40.2. The van der Waals surface area contributed by atoms with E-state index in [0.717, 1.165) is 21.8 Å². The molecule has 100 valence electrons. The quantitative estimate of drug-likeness (QED) is 0.798. The minimum atomic E-state index is -1.18. The highest BCUT2D eigenvalue weighted by Gasteiger charge is 2.09. The van der Waals surface area contributed by atoms with E-state index in [1.807, 2.05) is 25.1 Å². The molecule has 0 aliphatic rings. The van der Waals surface area contributed by atoms with Crippen LogP contribution in [-0.4, -0.2) is 0 Å². The molecule has 0 bridgehead atoms. The highest BCUT2D eigenvalue weighted by Crippen LogP contribution is 2.21. The molecule has 1 N–H and O–H groups in total. The number of hydrogen-bond acceptors (Lipinski definition) is 1. The van der Waals surface area contributed by atoms with Crippen LogP contribution in [0.5, 0.6) is 0 Å². The maximum atomic E-state index is 13.4. The van der Waals surface area contributed by atoms with Gasteiger partial charge in [0, 0.05) is 28.3 Å². The Morgan fingerprint density at radius 2 is 1.68 bits per heavy atom. The number of benzene rings is 2. The van der Waals surface area contributed by atoms with Gasteiger partial charge in [-0.2, -0.15) is 0 Å². The second-order valence-corrected chi connectivity index (χ2v) is 5.03. The van der Waals surface area contributed by atoms with Gasteiger partial charge in [-0.1, -0.05) is 15.9 Å². The number of halogens is 4. The Morgan fingerprint density at radius 3 is 2.37 bits per heavy atom. The van der Waals surface area contributed by atoms with Crippen LogP contribution in [0.25, 0.3) is 0 Å². The topological polar surface area (TPSA) is 12.0 Å². The van der Waals surface area contributed by atoms with Gasteiger partial charge in [0.2, 0.25) is 0 Å². The molecule has 5 heteroatoms. The van der Waals surface area contributed by atoms with E-state index >= 15 is 0 Å². The number of hydrogen-bond donors (Lipinski definition) is 1. The molecule has 0 fully saturated rings. The van der Waals surface area contributed by atoms with Crippen molar-refractivity contribution in [1.29, 1.82) is 0 Å². The van der Waals surface area contributed by atoms with Crippen LogP contribution in [0.1, 0.15) is 11.1 Å². The molecule has 0 spiro atoms. The maximum absolute atomic E-state index is 13.4. The number of nitrogens with one attached hydrogen (secondary N) is 1. The lowest BCUT2D eigenvalue weighted by atomic mass is 10.2. The molecular formula is C14H11BrF3N. The average Bonchev–Trinajstić information content (AvgIpc) is 2.36. The number of anilines is 1. The van der Waals surface area contributed by atoms with Gasteiger partial charge >= 0.3 is 0 Å². The molecule has 0 saturated heterocycles. The maximum Gasteiger partial charge on any atom is 0.161 e. The second kappa shape index (κ2) is 5.65. The molecule has 0 aromatic heterocycles. The fraction of sp³-hybridized carbons (Fsp3) is 0.143. The summed E-state index contributed by atoms with van der Waals surface area (Å²) >= 11 is 3.38. The standard InChI is InChI=1S/C14H11BrF3N/c1-8-4-10(2-3-11(8)15)19-7-9-5-13(17)14(18)6-12(9)16/h2-6,19H,7H2,1H3. The van der Waals surface area contributed by atoms with E-state index in [4.69, 9.17) is 0 Å². The van der Waals surface area contributed by atoms with Crippen LogP contribution in [0.3, 0.4) is 0 Å². The molecule has 2 rings (SSSR count). The van der Waals surface area contributed by atoms with Crippen molar-refractivity contribution in [1.82, 2.24) is 0 Å². The third kappa shape index (κ3) is 3.29. The molecule has 0 atom stereocenters. The lowest BCUT2D eigenvalue weighted by Crippen LogP contribution is -2.03. The Bertz CT molecular complexity index is 614. The monoisotopic (exact) mass is 329 g/mol. The first-order valence-electron chi connectivity index (χ1n) is 5.61. The van der Waals surface area contributed by atoms with E-state index in [0.29, 0.717) is 6.07 Å². The van der Waals surface area contributed by atoms with E-state index in [1.165, 1.54) is 0 Å². The van der Waals surface area contributed by atoms with Gasteiger partial charge in [-0.05, 0) is 36.8 Å². The molecule has 0 aliphatic carbocycles. The summed E-state index contributed by atoms with van der Waals surface area (Å²) in [6, 6.07) is 6.97. The van der Waals surface area contributed by atoms with E-state index in [-0.39, 0.29) is 12.1 Å². The Kier molecular flexibility index (Phi) is 4.14. The zero-order valence-electron chi connectivity index (χ0n) is 10.1. The Morgan fingerprint density at radius 1 is 1.00 bits per heavy atom. The molecule has 2 aromatic rings. The molecule has 0 unspecified atom stereocenters.